The van der Waals surface area contributed by atoms with Gasteiger partial charge in [-0.15, -0.1) is 0 Å². The van der Waals surface area contributed by atoms with Crippen LogP contribution in [0, 0.1) is 17.7 Å². The van der Waals surface area contributed by atoms with E-state index in [0.29, 0.717) is 24.7 Å². The second kappa shape index (κ2) is 6.03. The summed E-state index contributed by atoms with van der Waals surface area (Å²) in [5, 5.41) is 2.85. The first-order chi connectivity index (χ1) is 9.47. The monoisotopic (exact) mass is 278 g/mol. The molecular formula is C15H19FN2O2. The van der Waals surface area contributed by atoms with Crippen LogP contribution in [-0.4, -0.2) is 24.9 Å². The number of carbonyl (C=O) groups excluding carboxylic acids is 2. The number of nitrogens with zero attached hydrogens (tertiary/aromatic N) is 1. The highest BCUT2D eigenvalue weighted by atomic mass is 19.1. The molecule has 4 nitrogen and oxygen atoms in total. The third-order valence-electron chi connectivity index (χ3n) is 3.32. The largest absolute Gasteiger partial charge is 0.356 e. The van der Waals surface area contributed by atoms with Crippen molar-refractivity contribution in [1.82, 2.24) is 5.32 Å². The maximum Gasteiger partial charge on any atom is 0.227 e. The van der Waals surface area contributed by atoms with Gasteiger partial charge in [0.2, 0.25) is 11.8 Å². The van der Waals surface area contributed by atoms with Crippen LogP contribution in [-0.2, 0) is 9.59 Å². The Kier molecular flexibility index (Phi) is 4.37. The maximum atomic E-state index is 12.9. The Morgan fingerprint density at radius 3 is 2.65 bits per heavy atom. The number of hydrogen-bond donors (Lipinski definition) is 1. The smallest absolute Gasteiger partial charge is 0.227 e. The highest BCUT2D eigenvalue weighted by molar-refractivity contribution is 6.00. The van der Waals surface area contributed by atoms with E-state index >= 15 is 0 Å². The summed E-state index contributed by atoms with van der Waals surface area (Å²) >= 11 is 0. The van der Waals surface area contributed by atoms with Gasteiger partial charge < -0.3 is 10.2 Å². The van der Waals surface area contributed by atoms with Gasteiger partial charge in [0, 0.05) is 25.2 Å². The molecule has 1 saturated heterocycles. The molecule has 0 aliphatic carbocycles. The fourth-order valence-corrected chi connectivity index (χ4v) is 2.20. The van der Waals surface area contributed by atoms with E-state index in [1.165, 1.54) is 12.1 Å². The van der Waals surface area contributed by atoms with Gasteiger partial charge in [0.25, 0.3) is 0 Å². The molecule has 2 rings (SSSR count). The molecule has 1 aromatic rings. The molecule has 2 amide bonds. The average molecular weight is 278 g/mol. The van der Waals surface area contributed by atoms with Gasteiger partial charge in [-0.05, 0) is 30.2 Å². The summed E-state index contributed by atoms with van der Waals surface area (Å²) in [5.74, 6) is -0.472. The number of carbonyl (C=O) groups is 2. The molecule has 0 unspecified atom stereocenters. The second-order valence-electron chi connectivity index (χ2n) is 5.52. The molecule has 0 spiro atoms. The lowest BCUT2D eigenvalue weighted by Gasteiger charge is -2.17. The normalized spacial score (nSPS) is 18.7. The van der Waals surface area contributed by atoms with Crippen LogP contribution < -0.4 is 10.2 Å². The van der Waals surface area contributed by atoms with Crippen molar-refractivity contribution in [3.63, 3.8) is 0 Å². The van der Waals surface area contributed by atoms with Crippen molar-refractivity contribution < 1.29 is 14.0 Å². The number of nitrogens with one attached hydrogen (secondary N) is 1. The van der Waals surface area contributed by atoms with Crippen LogP contribution in [0.1, 0.15) is 20.3 Å². The molecule has 108 valence electrons. The molecule has 5 heteroatoms. The minimum Gasteiger partial charge on any atom is -0.356 e. The molecule has 1 N–H and O–H groups in total. The van der Waals surface area contributed by atoms with E-state index in [0.717, 1.165) is 0 Å². The van der Waals surface area contributed by atoms with Crippen molar-refractivity contribution in [2.45, 2.75) is 20.3 Å². The maximum absolute atomic E-state index is 12.9. The number of hydrogen-bond acceptors (Lipinski definition) is 2. The summed E-state index contributed by atoms with van der Waals surface area (Å²) < 4.78 is 12.9. The van der Waals surface area contributed by atoms with E-state index in [1.807, 2.05) is 13.8 Å². The van der Waals surface area contributed by atoms with E-state index in [1.54, 1.807) is 17.0 Å². The lowest BCUT2D eigenvalue weighted by molar-refractivity contribution is -0.126. The predicted octanol–water partition coefficient (Wildman–Crippen LogP) is 1.95. The van der Waals surface area contributed by atoms with Gasteiger partial charge in [-0.1, -0.05) is 13.8 Å². The van der Waals surface area contributed by atoms with Gasteiger partial charge in [0.15, 0.2) is 0 Å². The third kappa shape index (κ3) is 3.35. The molecule has 0 radical (unpaired) electrons. The molecule has 1 fully saturated rings. The summed E-state index contributed by atoms with van der Waals surface area (Å²) in [5.41, 5.74) is 0.635. The Hall–Kier alpha value is -1.91. The number of amides is 2. The zero-order valence-electron chi connectivity index (χ0n) is 11.7. The zero-order valence-corrected chi connectivity index (χ0v) is 11.7. The summed E-state index contributed by atoms with van der Waals surface area (Å²) in [6.45, 7) is 5.00. The third-order valence-corrected chi connectivity index (χ3v) is 3.32. The highest BCUT2D eigenvalue weighted by Crippen LogP contribution is 2.25. The molecule has 1 aromatic carbocycles. The Morgan fingerprint density at radius 1 is 1.40 bits per heavy atom. The average Bonchev–Trinajstić information content (AvgIpc) is 2.79. The van der Waals surface area contributed by atoms with E-state index in [-0.39, 0.29) is 30.0 Å². The van der Waals surface area contributed by atoms with Crippen LogP contribution in [0.2, 0.25) is 0 Å². The zero-order chi connectivity index (χ0) is 14.7. The summed E-state index contributed by atoms with van der Waals surface area (Å²) in [7, 11) is 0. The van der Waals surface area contributed by atoms with Crippen LogP contribution in [0.3, 0.4) is 0 Å². The molecule has 1 atom stereocenters. The molecular weight excluding hydrogens is 259 g/mol. The predicted molar refractivity (Wildman–Crippen MR) is 74.7 cm³/mol. The van der Waals surface area contributed by atoms with Crippen molar-refractivity contribution in [3.05, 3.63) is 30.1 Å². The molecule has 1 aliphatic rings. The van der Waals surface area contributed by atoms with Crippen LogP contribution in [0.5, 0.6) is 0 Å². The summed E-state index contributed by atoms with van der Waals surface area (Å²) in [4.78, 5) is 25.5. The van der Waals surface area contributed by atoms with E-state index in [9.17, 15) is 14.0 Å². The van der Waals surface area contributed by atoms with Crippen LogP contribution in [0.25, 0.3) is 0 Å². The van der Waals surface area contributed by atoms with E-state index in [4.69, 9.17) is 0 Å². The minimum atomic E-state index is -0.341. The Labute approximate surface area is 118 Å². The van der Waals surface area contributed by atoms with Crippen molar-refractivity contribution in [3.8, 4) is 0 Å². The minimum absolute atomic E-state index is 0.0864. The fourth-order valence-electron chi connectivity index (χ4n) is 2.20. The van der Waals surface area contributed by atoms with Crippen molar-refractivity contribution >= 4 is 17.5 Å². The molecule has 0 saturated carbocycles. The van der Waals surface area contributed by atoms with Gasteiger partial charge in [-0.3, -0.25) is 9.59 Å². The van der Waals surface area contributed by atoms with Crippen molar-refractivity contribution in [2.75, 3.05) is 18.0 Å². The quantitative estimate of drug-likeness (QED) is 0.915. The molecule has 0 aromatic heterocycles. The fraction of sp³-hybridized carbons (Fsp3) is 0.467. The number of anilines is 1. The Morgan fingerprint density at radius 2 is 2.05 bits per heavy atom. The summed E-state index contributed by atoms with van der Waals surface area (Å²) in [6, 6.07) is 5.74. The van der Waals surface area contributed by atoms with Crippen molar-refractivity contribution in [1.29, 1.82) is 0 Å². The van der Waals surface area contributed by atoms with Gasteiger partial charge >= 0.3 is 0 Å². The lowest BCUT2D eigenvalue weighted by atomic mass is 10.1. The molecule has 1 aliphatic heterocycles. The number of rotatable bonds is 4. The number of benzene rings is 1. The van der Waals surface area contributed by atoms with Crippen LogP contribution in [0.15, 0.2) is 24.3 Å². The summed E-state index contributed by atoms with van der Waals surface area (Å²) in [6.07, 6.45) is 0.210. The van der Waals surface area contributed by atoms with E-state index < -0.39 is 0 Å². The highest BCUT2D eigenvalue weighted by Gasteiger charge is 2.34. The van der Waals surface area contributed by atoms with Crippen molar-refractivity contribution in [2.24, 2.45) is 11.8 Å². The Bertz CT molecular complexity index is 499. The molecule has 0 bridgehead atoms. The first kappa shape index (κ1) is 14.5. The van der Waals surface area contributed by atoms with Crippen LogP contribution >= 0.6 is 0 Å². The lowest BCUT2D eigenvalue weighted by Crippen LogP contribution is -2.35. The molecule has 20 heavy (non-hydrogen) atoms. The van der Waals surface area contributed by atoms with Gasteiger partial charge in [0.1, 0.15) is 5.82 Å². The number of halogens is 1. The van der Waals surface area contributed by atoms with E-state index in [2.05, 4.69) is 5.32 Å². The molecule has 1 heterocycles. The standard InChI is InChI=1S/C15H19FN2O2/c1-10(2)8-17-15(20)11-7-14(19)18(9-11)13-5-3-12(16)4-6-13/h3-6,10-11H,7-9H2,1-2H3,(H,17,20)/t11-/m0/s1. The van der Waals surface area contributed by atoms with Gasteiger partial charge in [-0.25, -0.2) is 4.39 Å². The van der Waals surface area contributed by atoms with Gasteiger partial charge in [0.05, 0.1) is 5.92 Å². The van der Waals surface area contributed by atoms with Crippen LogP contribution in [0.4, 0.5) is 10.1 Å². The van der Waals surface area contributed by atoms with Gasteiger partial charge in [-0.2, -0.15) is 0 Å². The Balaban J connectivity index is 2.00. The first-order valence-electron chi connectivity index (χ1n) is 6.81. The SMILES string of the molecule is CC(C)CNC(=O)[C@H]1CC(=O)N(c2ccc(F)cc2)C1. The topological polar surface area (TPSA) is 49.4 Å². The second-order valence-corrected chi connectivity index (χ2v) is 5.52. The first-order valence-corrected chi connectivity index (χ1v) is 6.81.